The van der Waals surface area contributed by atoms with Gasteiger partial charge in [-0.15, -0.1) is 0 Å². The Morgan fingerprint density at radius 1 is 1.54 bits per heavy atom. The number of thiocarbonyl (C=S) groups is 1. The van der Waals surface area contributed by atoms with E-state index in [-0.39, 0.29) is 12.1 Å². The number of anilines is 1. The molecule has 6 nitrogen and oxygen atoms in total. The molecule has 2 N–H and O–H groups in total. The van der Waals surface area contributed by atoms with Crippen LogP contribution in [0.3, 0.4) is 0 Å². The van der Waals surface area contributed by atoms with E-state index < -0.39 is 0 Å². The maximum absolute atomic E-state index is 11.9. The second-order valence-electron chi connectivity index (χ2n) is 5.65. The van der Waals surface area contributed by atoms with E-state index >= 15 is 0 Å². The Labute approximate surface area is 146 Å². The smallest absolute Gasteiger partial charge is 0.413 e. The van der Waals surface area contributed by atoms with Crippen LogP contribution in [-0.4, -0.2) is 44.1 Å². The predicted octanol–water partition coefficient (Wildman–Crippen LogP) is 2.29. The molecule has 2 aliphatic rings. The third kappa shape index (κ3) is 3.31. The normalized spacial score (nSPS) is 20.7. The molecule has 0 bridgehead atoms. The van der Waals surface area contributed by atoms with Gasteiger partial charge < -0.3 is 20.1 Å². The number of benzene rings is 1. The highest BCUT2D eigenvalue weighted by atomic mass is 32.1. The number of carbonyl (C=O) groups is 1. The molecule has 1 aromatic carbocycles. The van der Waals surface area contributed by atoms with Gasteiger partial charge in [0, 0.05) is 30.8 Å². The highest BCUT2D eigenvalue weighted by molar-refractivity contribution is 7.80. The molecule has 1 saturated heterocycles. The Hall–Kier alpha value is -2.28. The summed E-state index contributed by atoms with van der Waals surface area (Å²) in [6.45, 7) is 3.88. The minimum absolute atomic E-state index is 0.171. The largest absolute Gasteiger partial charge is 0.493 e. The van der Waals surface area contributed by atoms with Gasteiger partial charge in [0.1, 0.15) is 5.75 Å². The lowest BCUT2D eigenvalue weighted by molar-refractivity contribution is 0.179. The topological polar surface area (TPSA) is 62.8 Å². The van der Waals surface area contributed by atoms with Crippen molar-refractivity contribution in [3.8, 4) is 5.75 Å². The molecular weight excluding hydrogens is 326 g/mol. The van der Waals surface area contributed by atoms with E-state index in [1.807, 2.05) is 25.1 Å². The SMILES string of the molecule is CCN(C(=O)OC)c1ccc2c(c1)/C(=C/C1CNC(=S)N1)CCO2. The van der Waals surface area contributed by atoms with Gasteiger partial charge in [-0.25, -0.2) is 4.79 Å². The van der Waals surface area contributed by atoms with Crippen LogP contribution in [0.5, 0.6) is 5.75 Å². The molecule has 3 rings (SSSR count). The van der Waals surface area contributed by atoms with Gasteiger partial charge in [-0.1, -0.05) is 6.08 Å². The van der Waals surface area contributed by atoms with Gasteiger partial charge in [-0.2, -0.15) is 0 Å². The molecule has 0 aliphatic carbocycles. The van der Waals surface area contributed by atoms with Crippen molar-refractivity contribution in [3.63, 3.8) is 0 Å². The summed E-state index contributed by atoms with van der Waals surface area (Å²) >= 11 is 5.12. The molecular formula is C17H21N3O3S. The summed E-state index contributed by atoms with van der Waals surface area (Å²) in [6, 6.07) is 5.95. The minimum Gasteiger partial charge on any atom is -0.493 e. The van der Waals surface area contributed by atoms with E-state index in [9.17, 15) is 4.79 Å². The quantitative estimate of drug-likeness (QED) is 0.818. The number of methoxy groups -OCH3 is 1. The number of nitrogens with zero attached hydrogens (tertiary/aromatic N) is 1. The molecule has 24 heavy (non-hydrogen) atoms. The molecule has 0 radical (unpaired) electrons. The van der Waals surface area contributed by atoms with Gasteiger partial charge in [0.2, 0.25) is 0 Å². The Balaban J connectivity index is 1.93. The van der Waals surface area contributed by atoms with Gasteiger partial charge in [0.15, 0.2) is 5.11 Å². The van der Waals surface area contributed by atoms with E-state index in [0.29, 0.717) is 18.3 Å². The summed E-state index contributed by atoms with van der Waals surface area (Å²) < 4.78 is 10.6. The zero-order valence-corrected chi connectivity index (χ0v) is 14.6. The van der Waals surface area contributed by atoms with Crippen LogP contribution >= 0.6 is 12.2 Å². The number of nitrogens with one attached hydrogen (secondary N) is 2. The van der Waals surface area contributed by atoms with Crippen molar-refractivity contribution >= 4 is 34.7 Å². The second-order valence-corrected chi connectivity index (χ2v) is 6.05. The van der Waals surface area contributed by atoms with Gasteiger partial charge in [-0.3, -0.25) is 4.90 Å². The van der Waals surface area contributed by atoms with Crippen molar-refractivity contribution in [2.24, 2.45) is 0 Å². The summed E-state index contributed by atoms with van der Waals surface area (Å²) in [5, 5.41) is 7.03. The fraction of sp³-hybridized carbons (Fsp3) is 0.412. The number of hydrogen-bond acceptors (Lipinski definition) is 4. The number of carbonyl (C=O) groups excluding carboxylic acids is 1. The zero-order chi connectivity index (χ0) is 17.1. The first-order valence-electron chi connectivity index (χ1n) is 8.00. The van der Waals surface area contributed by atoms with E-state index in [1.165, 1.54) is 12.7 Å². The summed E-state index contributed by atoms with van der Waals surface area (Å²) in [5.41, 5.74) is 3.01. The average molecular weight is 347 g/mol. The van der Waals surface area contributed by atoms with Gasteiger partial charge in [0.25, 0.3) is 0 Å². The van der Waals surface area contributed by atoms with E-state index in [2.05, 4.69) is 16.7 Å². The van der Waals surface area contributed by atoms with Crippen LogP contribution in [-0.2, 0) is 4.74 Å². The summed E-state index contributed by atoms with van der Waals surface area (Å²) in [5.74, 6) is 0.839. The molecule has 1 fully saturated rings. The Kier molecular flexibility index (Phi) is 4.89. The molecule has 0 aromatic heterocycles. The molecule has 0 saturated carbocycles. The predicted molar refractivity (Wildman–Crippen MR) is 97.5 cm³/mol. The van der Waals surface area contributed by atoms with Crippen molar-refractivity contribution < 1.29 is 14.3 Å². The average Bonchev–Trinajstić information content (AvgIpc) is 3.00. The van der Waals surface area contributed by atoms with E-state index in [1.54, 1.807) is 4.90 Å². The van der Waals surface area contributed by atoms with Gasteiger partial charge in [0.05, 0.1) is 19.8 Å². The molecule has 1 unspecified atom stereocenters. The van der Waals surface area contributed by atoms with Crippen LogP contribution in [0.2, 0.25) is 0 Å². The number of fused-ring (bicyclic) bond motifs is 1. The monoisotopic (exact) mass is 347 g/mol. The lowest BCUT2D eigenvalue weighted by atomic mass is 9.97. The van der Waals surface area contributed by atoms with Crippen molar-refractivity contribution in [2.45, 2.75) is 19.4 Å². The third-order valence-electron chi connectivity index (χ3n) is 4.16. The minimum atomic E-state index is -0.369. The standard InChI is InChI=1S/C17H21N3O3S/c1-3-20(17(21)22-2)13-4-5-15-14(9-13)11(6-7-23-15)8-12-10-18-16(24)19-12/h4-5,8-9,12H,3,6-7,10H2,1-2H3,(H2,18,19,24)/b11-8+. The van der Waals surface area contributed by atoms with Crippen LogP contribution in [0.4, 0.5) is 10.5 Å². The molecule has 2 heterocycles. The van der Waals surface area contributed by atoms with Crippen LogP contribution in [0.25, 0.3) is 5.57 Å². The lowest BCUT2D eigenvalue weighted by Crippen LogP contribution is -2.30. The molecule has 128 valence electrons. The molecule has 1 atom stereocenters. The van der Waals surface area contributed by atoms with Crippen LogP contribution in [0.15, 0.2) is 24.3 Å². The highest BCUT2D eigenvalue weighted by Crippen LogP contribution is 2.36. The van der Waals surface area contributed by atoms with Crippen molar-refractivity contribution in [1.82, 2.24) is 10.6 Å². The lowest BCUT2D eigenvalue weighted by Gasteiger charge is -2.25. The maximum atomic E-state index is 11.9. The summed E-state index contributed by atoms with van der Waals surface area (Å²) in [4.78, 5) is 13.5. The Bertz CT molecular complexity index is 690. The number of ether oxygens (including phenoxy) is 2. The first-order valence-corrected chi connectivity index (χ1v) is 8.41. The number of rotatable bonds is 3. The van der Waals surface area contributed by atoms with Crippen LogP contribution < -0.4 is 20.3 Å². The molecule has 2 aliphatic heterocycles. The molecule has 7 heteroatoms. The maximum Gasteiger partial charge on any atom is 0.413 e. The summed E-state index contributed by atoms with van der Waals surface area (Å²) in [7, 11) is 1.39. The Morgan fingerprint density at radius 2 is 2.38 bits per heavy atom. The molecule has 1 aromatic rings. The molecule has 0 spiro atoms. The number of hydrogen-bond donors (Lipinski definition) is 2. The van der Waals surface area contributed by atoms with Crippen LogP contribution in [0.1, 0.15) is 18.9 Å². The molecule has 1 amide bonds. The Morgan fingerprint density at radius 3 is 3.04 bits per heavy atom. The first kappa shape index (κ1) is 16.6. The van der Waals surface area contributed by atoms with Crippen molar-refractivity contribution in [1.29, 1.82) is 0 Å². The third-order valence-corrected chi connectivity index (χ3v) is 4.42. The fourth-order valence-electron chi connectivity index (χ4n) is 2.99. The van der Waals surface area contributed by atoms with Crippen LogP contribution in [0, 0.1) is 0 Å². The van der Waals surface area contributed by atoms with Gasteiger partial charge >= 0.3 is 6.09 Å². The van der Waals surface area contributed by atoms with E-state index in [4.69, 9.17) is 21.7 Å². The summed E-state index contributed by atoms with van der Waals surface area (Å²) in [6.07, 6.45) is 2.64. The number of amides is 1. The highest BCUT2D eigenvalue weighted by Gasteiger charge is 2.22. The van der Waals surface area contributed by atoms with E-state index in [0.717, 1.165) is 30.0 Å². The van der Waals surface area contributed by atoms with Gasteiger partial charge in [-0.05, 0) is 42.9 Å². The fourth-order valence-corrected chi connectivity index (χ4v) is 3.22. The second kappa shape index (κ2) is 7.09. The van der Waals surface area contributed by atoms with Crippen molar-refractivity contribution in [2.75, 3.05) is 31.7 Å². The zero-order valence-electron chi connectivity index (χ0n) is 13.8. The van der Waals surface area contributed by atoms with Crippen molar-refractivity contribution in [3.05, 3.63) is 29.8 Å². The first-order chi connectivity index (χ1) is 11.6.